The minimum atomic E-state index is 0.0583. The zero-order valence-electron chi connectivity index (χ0n) is 14.6. The molecule has 0 aromatic heterocycles. The maximum atomic E-state index is 5.36. The van der Waals surface area contributed by atoms with Gasteiger partial charge in [-0.3, -0.25) is 0 Å². The van der Waals surface area contributed by atoms with Crippen molar-refractivity contribution < 1.29 is 0 Å². The number of rotatable bonds is 6. The van der Waals surface area contributed by atoms with Crippen LogP contribution < -0.4 is 16.8 Å². The minimum absolute atomic E-state index is 0.0583. The number of nitrogens with zero attached hydrogens (tertiary/aromatic N) is 1. The third-order valence-corrected chi connectivity index (χ3v) is 3.14. The third kappa shape index (κ3) is 7.47. The van der Waals surface area contributed by atoms with Crippen LogP contribution in [0.15, 0.2) is 59.8 Å². The predicted molar refractivity (Wildman–Crippen MR) is 101 cm³/mol. The molecule has 1 rings (SSSR count). The fourth-order valence-electron chi connectivity index (χ4n) is 1.92. The van der Waals surface area contributed by atoms with E-state index in [4.69, 9.17) is 11.5 Å². The van der Waals surface area contributed by atoms with Crippen molar-refractivity contribution in [2.75, 3.05) is 0 Å². The Bertz CT molecular complexity index is 610. The van der Waals surface area contributed by atoms with Crippen molar-refractivity contribution in [1.82, 2.24) is 5.32 Å². The molecule has 23 heavy (non-hydrogen) atoms. The largest absolute Gasteiger partial charge is 0.370 e. The van der Waals surface area contributed by atoms with Gasteiger partial charge >= 0.3 is 0 Å². The van der Waals surface area contributed by atoms with Crippen LogP contribution in [0.25, 0.3) is 5.57 Å². The molecule has 1 aromatic carbocycles. The van der Waals surface area contributed by atoms with Gasteiger partial charge in [0.15, 0.2) is 5.96 Å². The summed E-state index contributed by atoms with van der Waals surface area (Å²) in [6.45, 7) is 13.0. The predicted octanol–water partition coefficient (Wildman–Crippen LogP) is 3.32. The van der Waals surface area contributed by atoms with Crippen molar-refractivity contribution in [2.45, 2.75) is 39.8 Å². The molecular weight excluding hydrogens is 284 g/mol. The van der Waals surface area contributed by atoms with Crippen molar-refractivity contribution in [3.8, 4) is 0 Å². The van der Waals surface area contributed by atoms with Crippen LogP contribution in [-0.4, -0.2) is 11.5 Å². The molecule has 4 nitrogen and oxygen atoms in total. The number of benzene rings is 1. The van der Waals surface area contributed by atoms with Gasteiger partial charge in [-0.2, -0.15) is 0 Å². The van der Waals surface area contributed by atoms with Crippen molar-refractivity contribution in [3.05, 3.63) is 65.9 Å². The van der Waals surface area contributed by atoms with Crippen molar-refractivity contribution in [2.24, 2.45) is 16.5 Å². The molecule has 124 valence electrons. The summed E-state index contributed by atoms with van der Waals surface area (Å²) in [5, 5.41) is 3.48. The third-order valence-electron chi connectivity index (χ3n) is 3.14. The lowest BCUT2D eigenvalue weighted by Gasteiger charge is -2.20. The topological polar surface area (TPSA) is 76.4 Å². The van der Waals surface area contributed by atoms with Crippen LogP contribution in [-0.2, 0) is 6.54 Å². The van der Waals surface area contributed by atoms with Gasteiger partial charge in [0.25, 0.3) is 0 Å². The zero-order chi connectivity index (χ0) is 17.5. The van der Waals surface area contributed by atoms with Gasteiger partial charge in [-0.25, -0.2) is 4.99 Å². The average molecular weight is 312 g/mol. The highest BCUT2D eigenvalue weighted by Crippen LogP contribution is 2.17. The maximum absolute atomic E-state index is 5.36. The molecule has 4 heteroatoms. The van der Waals surface area contributed by atoms with E-state index in [0.717, 1.165) is 23.4 Å². The Hall–Kier alpha value is -2.33. The number of guanidine groups is 1. The first kappa shape index (κ1) is 18.7. The Morgan fingerprint density at radius 2 is 1.78 bits per heavy atom. The number of nitrogens with two attached hydrogens (primary N) is 2. The smallest absolute Gasteiger partial charge is 0.190 e. The maximum Gasteiger partial charge on any atom is 0.190 e. The standard InChI is InChI=1S/C19H28N4/c1-6-16(10-7-14(2)23-18(20)21)17-11-8-15(9-12-17)13-22-19(3,4)5/h6-12,22H,1,13H2,2-5H3,(H4,20,21,23)/b14-7+,16-10+. The van der Waals surface area contributed by atoms with Gasteiger partial charge in [-0.15, -0.1) is 0 Å². The van der Waals surface area contributed by atoms with Crippen LogP contribution in [0.5, 0.6) is 0 Å². The summed E-state index contributed by atoms with van der Waals surface area (Å²) < 4.78 is 0. The van der Waals surface area contributed by atoms with Crippen LogP contribution in [0.1, 0.15) is 38.8 Å². The molecule has 0 fully saturated rings. The van der Waals surface area contributed by atoms with E-state index in [1.54, 1.807) is 0 Å². The van der Waals surface area contributed by atoms with Crippen molar-refractivity contribution >= 4 is 11.5 Å². The van der Waals surface area contributed by atoms with Crippen molar-refractivity contribution in [3.63, 3.8) is 0 Å². The lowest BCUT2D eigenvalue weighted by molar-refractivity contribution is 0.424. The van der Waals surface area contributed by atoms with Crippen LogP contribution >= 0.6 is 0 Å². The number of aliphatic imine (C=N–C) groups is 1. The summed E-state index contributed by atoms with van der Waals surface area (Å²) in [4.78, 5) is 3.98. The Kier molecular flexibility index (Phi) is 6.79. The fourth-order valence-corrected chi connectivity index (χ4v) is 1.92. The second kappa shape index (κ2) is 8.34. The van der Waals surface area contributed by atoms with Gasteiger partial charge < -0.3 is 16.8 Å². The molecule has 0 aliphatic carbocycles. The van der Waals surface area contributed by atoms with E-state index in [1.807, 2.05) is 25.2 Å². The van der Waals surface area contributed by atoms with E-state index in [-0.39, 0.29) is 11.5 Å². The van der Waals surface area contributed by atoms with E-state index >= 15 is 0 Å². The summed E-state index contributed by atoms with van der Waals surface area (Å²) in [5.74, 6) is 0.0583. The Balaban J connectivity index is 2.87. The first-order valence-electron chi connectivity index (χ1n) is 7.66. The molecule has 0 saturated heterocycles. The molecular formula is C19H28N4. The molecule has 0 amide bonds. The van der Waals surface area contributed by atoms with E-state index in [0.29, 0.717) is 0 Å². The highest BCUT2D eigenvalue weighted by molar-refractivity contribution is 5.77. The summed E-state index contributed by atoms with van der Waals surface area (Å²) in [6, 6.07) is 8.43. The van der Waals surface area contributed by atoms with Crippen LogP contribution in [0, 0.1) is 0 Å². The number of allylic oxidation sites excluding steroid dienone is 5. The first-order chi connectivity index (χ1) is 10.7. The minimum Gasteiger partial charge on any atom is -0.370 e. The van der Waals surface area contributed by atoms with Gasteiger partial charge in [-0.05, 0) is 50.5 Å². The number of hydrogen-bond donors (Lipinski definition) is 3. The molecule has 0 spiro atoms. The Morgan fingerprint density at radius 1 is 1.17 bits per heavy atom. The van der Waals surface area contributed by atoms with Crippen LogP contribution in [0.4, 0.5) is 0 Å². The van der Waals surface area contributed by atoms with Crippen LogP contribution in [0.2, 0.25) is 0 Å². The number of hydrogen-bond acceptors (Lipinski definition) is 2. The Labute approximate surface area is 139 Å². The van der Waals surface area contributed by atoms with Crippen LogP contribution in [0.3, 0.4) is 0 Å². The first-order valence-corrected chi connectivity index (χ1v) is 7.66. The van der Waals surface area contributed by atoms with Gasteiger partial charge in [0.2, 0.25) is 0 Å². The summed E-state index contributed by atoms with van der Waals surface area (Å²) in [5.41, 5.74) is 14.9. The average Bonchev–Trinajstić information content (AvgIpc) is 2.45. The second-order valence-electron chi connectivity index (χ2n) is 6.47. The van der Waals surface area contributed by atoms with Crippen molar-refractivity contribution in [1.29, 1.82) is 0 Å². The molecule has 0 bridgehead atoms. The molecule has 0 radical (unpaired) electrons. The normalized spacial score (nSPS) is 12.9. The molecule has 0 aliphatic heterocycles. The van der Waals surface area contributed by atoms with Gasteiger partial charge in [-0.1, -0.05) is 43.0 Å². The van der Waals surface area contributed by atoms with Gasteiger partial charge in [0, 0.05) is 17.8 Å². The lowest BCUT2D eigenvalue weighted by atomic mass is 10.0. The summed E-state index contributed by atoms with van der Waals surface area (Å²) in [6.07, 6.45) is 5.64. The second-order valence-corrected chi connectivity index (χ2v) is 6.47. The lowest BCUT2D eigenvalue weighted by Crippen LogP contribution is -2.35. The van der Waals surface area contributed by atoms with Gasteiger partial charge in [0.1, 0.15) is 0 Å². The molecule has 1 aromatic rings. The van der Waals surface area contributed by atoms with E-state index in [1.165, 1.54) is 5.56 Å². The highest BCUT2D eigenvalue weighted by Gasteiger charge is 2.08. The monoisotopic (exact) mass is 312 g/mol. The fraction of sp³-hybridized carbons (Fsp3) is 0.316. The molecule has 0 atom stereocenters. The highest BCUT2D eigenvalue weighted by atomic mass is 15.0. The van der Waals surface area contributed by atoms with E-state index < -0.39 is 0 Å². The summed E-state index contributed by atoms with van der Waals surface area (Å²) >= 11 is 0. The molecule has 0 aliphatic rings. The number of nitrogens with one attached hydrogen (secondary N) is 1. The molecule has 0 unspecified atom stereocenters. The van der Waals surface area contributed by atoms with E-state index in [9.17, 15) is 0 Å². The quantitative estimate of drug-likeness (QED) is 0.428. The SMILES string of the molecule is C=C/C(=C\C=C(/C)N=C(N)N)c1ccc(CNC(C)(C)C)cc1. The Morgan fingerprint density at radius 3 is 2.26 bits per heavy atom. The molecule has 0 heterocycles. The summed E-state index contributed by atoms with van der Waals surface area (Å²) in [7, 11) is 0. The molecule has 0 saturated carbocycles. The van der Waals surface area contributed by atoms with E-state index in [2.05, 4.69) is 61.9 Å². The van der Waals surface area contributed by atoms with Gasteiger partial charge in [0.05, 0.1) is 0 Å². The zero-order valence-corrected chi connectivity index (χ0v) is 14.6. The molecule has 5 N–H and O–H groups in total.